The Kier molecular flexibility index (Phi) is 8.59. The van der Waals surface area contributed by atoms with Crippen molar-refractivity contribution >= 4 is 0 Å². The number of rotatable bonds is 9. The Morgan fingerprint density at radius 3 is 2.50 bits per heavy atom. The van der Waals surface area contributed by atoms with Crippen LogP contribution in [-0.4, -0.2) is 74.9 Å². The summed E-state index contributed by atoms with van der Waals surface area (Å²) in [6.07, 6.45) is 1.12. The molecule has 0 amide bonds. The number of hydrogen-bond donors (Lipinski definition) is 1. The van der Waals surface area contributed by atoms with Crippen molar-refractivity contribution in [2.75, 3.05) is 59.0 Å². The first-order valence-electron chi connectivity index (χ1n) is 7.52. The molecule has 108 valence electrons. The highest BCUT2D eigenvalue weighted by atomic mass is 16.5. The second-order valence-electron chi connectivity index (χ2n) is 5.07. The minimum absolute atomic E-state index is 0.649. The maximum atomic E-state index is 5.33. The molecule has 0 saturated carbocycles. The predicted molar refractivity (Wildman–Crippen MR) is 77.1 cm³/mol. The van der Waals surface area contributed by atoms with Crippen molar-refractivity contribution in [3.63, 3.8) is 0 Å². The summed E-state index contributed by atoms with van der Waals surface area (Å²) in [5, 5.41) is 3.53. The Bertz CT molecular complexity index is 193. The summed E-state index contributed by atoms with van der Waals surface area (Å²) in [6.45, 7) is 16.6. The quantitative estimate of drug-likeness (QED) is 0.624. The van der Waals surface area contributed by atoms with Crippen LogP contribution in [0, 0.1) is 0 Å². The lowest BCUT2D eigenvalue weighted by Gasteiger charge is -2.37. The van der Waals surface area contributed by atoms with Gasteiger partial charge in [-0.2, -0.15) is 0 Å². The molecule has 18 heavy (non-hydrogen) atoms. The van der Waals surface area contributed by atoms with Gasteiger partial charge in [0.05, 0.1) is 0 Å². The normalized spacial score (nSPS) is 20.2. The van der Waals surface area contributed by atoms with Gasteiger partial charge in [0.25, 0.3) is 0 Å². The molecular weight excluding hydrogens is 226 g/mol. The van der Waals surface area contributed by atoms with E-state index >= 15 is 0 Å². The Morgan fingerprint density at radius 2 is 1.89 bits per heavy atom. The van der Waals surface area contributed by atoms with Gasteiger partial charge in [-0.15, -0.1) is 0 Å². The number of ether oxygens (including phenoxy) is 1. The van der Waals surface area contributed by atoms with Gasteiger partial charge >= 0.3 is 0 Å². The molecule has 0 radical (unpaired) electrons. The Hall–Kier alpha value is -0.160. The third kappa shape index (κ3) is 6.14. The molecule has 1 rings (SSSR count). The molecular formula is C14H31N3O. The third-order valence-corrected chi connectivity index (χ3v) is 3.76. The van der Waals surface area contributed by atoms with E-state index in [0.717, 1.165) is 32.7 Å². The van der Waals surface area contributed by atoms with Crippen LogP contribution < -0.4 is 5.32 Å². The highest BCUT2D eigenvalue weighted by molar-refractivity contribution is 4.76. The molecule has 0 aliphatic carbocycles. The fourth-order valence-electron chi connectivity index (χ4n) is 2.40. The molecule has 4 heteroatoms. The van der Waals surface area contributed by atoms with Gasteiger partial charge < -0.3 is 15.0 Å². The van der Waals surface area contributed by atoms with Crippen LogP contribution in [0.25, 0.3) is 0 Å². The number of nitrogens with one attached hydrogen (secondary N) is 1. The van der Waals surface area contributed by atoms with Crippen LogP contribution in [0.15, 0.2) is 0 Å². The van der Waals surface area contributed by atoms with E-state index in [-0.39, 0.29) is 0 Å². The molecule has 0 aromatic carbocycles. The van der Waals surface area contributed by atoms with Crippen molar-refractivity contribution in [2.45, 2.75) is 33.2 Å². The van der Waals surface area contributed by atoms with Crippen molar-refractivity contribution in [3.05, 3.63) is 0 Å². The lowest BCUT2D eigenvalue weighted by atomic mass is 10.2. The van der Waals surface area contributed by atoms with Crippen LogP contribution in [0.2, 0.25) is 0 Å². The lowest BCUT2D eigenvalue weighted by Crippen LogP contribution is -2.51. The molecule has 4 nitrogen and oxygen atoms in total. The Balaban J connectivity index is 2.01. The molecule has 0 spiro atoms. The van der Waals surface area contributed by atoms with Gasteiger partial charge in [0.1, 0.15) is 0 Å². The summed E-state index contributed by atoms with van der Waals surface area (Å²) >= 11 is 0. The van der Waals surface area contributed by atoms with E-state index in [9.17, 15) is 0 Å². The monoisotopic (exact) mass is 257 g/mol. The molecule has 1 saturated heterocycles. The molecule has 1 unspecified atom stereocenters. The van der Waals surface area contributed by atoms with E-state index in [4.69, 9.17) is 4.74 Å². The fraction of sp³-hybridized carbons (Fsp3) is 1.00. The van der Waals surface area contributed by atoms with Crippen LogP contribution >= 0.6 is 0 Å². The zero-order valence-electron chi connectivity index (χ0n) is 12.5. The van der Waals surface area contributed by atoms with Crippen LogP contribution in [-0.2, 0) is 4.74 Å². The summed E-state index contributed by atoms with van der Waals surface area (Å²) in [6, 6.07) is 0.649. The average molecular weight is 257 g/mol. The summed E-state index contributed by atoms with van der Waals surface area (Å²) in [4.78, 5) is 5.13. The third-order valence-electron chi connectivity index (χ3n) is 3.76. The zero-order valence-corrected chi connectivity index (χ0v) is 12.5. The minimum atomic E-state index is 0.649. The molecule has 0 bridgehead atoms. The maximum Gasteiger partial charge on any atom is 0.0477 e. The Labute approximate surface area is 113 Å². The number of nitrogens with zero attached hydrogens (tertiary/aromatic N) is 2. The highest BCUT2D eigenvalue weighted by Crippen LogP contribution is 2.05. The summed E-state index contributed by atoms with van der Waals surface area (Å²) in [5.74, 6) is 0. The first-order valence-corrected chi connectivity index (χ1v) is 7.52. The van der Waals surface area contributed by atoms with Gasteiger partial charge in [-0.1, -0.05) is 6.92 Å². The standard InChI is InChI=1S/C14H31N3O/c1-4-16-8-10-17(11-9-16)14(3)13-15-7-6-12-18-5-2/h14-15H,4-13H2,1-3H3. The average Bonchev–Trinajstić information content (AvgIpc) is 2.42. The number of likely N-dealkylation sites (N-methyl/N-ethyl adjacent to an activating group) is 1. The fourth-order valence-corrected chi connectivity index (χ4v) is 2.40. The lowest BCUT2D eigenvalue weighted by molar-refractivity contribution is 0.104. The first kappa shape index (κ1) is 15.9. The van der Waals surface area contributed by atoms with Gasteiger partial charge in [0.2, 0.25) is 0 Å². The van der Waals surface area contributed by atoms with E-state index in [0.29, 0.717) is 6.04 Å². The van der Waals surface area contributed by atoms with E-state index < -0.39 is 0 Å². The maximum absolute atomic E-state index is 5.33. The van der Waals surface area contributed by atoms with Crippen LogP contribution in [0.1, 0.15) is 27.2 Å². The van der Waals surface area contributed by atoms with Crippen molar-refractivity contribution in [3.8, 4) is 0 Å². The Morgan fingerprint density at radius 1 is 1.17 bits per heavy atom. The van der Waals surface area contributed by atoms with Gasteiger partial charge in [0.15, 0.2) is 0 Å². The van der Waals surface area contributed by atoms with Gasteiger partial charge in [-0.25, -0.2) is 0 Å². The smallest absolute Gasteiger partial charge is 0.0477 e. The van der Waals surface area contributed by atoms with Crippen molar-refractivity contribution in [2.24, 2.45) is 0 Å². The van der Waals surface area contributed by atoms with Crippen LogP contribution in [0.4, 0.5) is 0 Å². The zero-order chi connectivity index (χ0) is 13.2. The van der Waals surface area contributed by atoms with E-state index in [1.54, 1.807) is 0 Å². The SMILES string of the molecule is CCOCCCNCC(C)N1CCN(CC)CC1. The van der Waals surface area contributed by atoms with Crippen molar-refractivity contribution in [1.82, 2.24) is 15.1 Å². The largest absolute Gasteiger partial charge is 0.382 e. The predicted octanol–water partition coefficient (Wildman–Crippen LogP) is 1.03. The molecule has 1 fully saturated rings. The highest BCUT2D eigenvalue weighted by Gasteiger charge is 2.19. The minimum Gasteiger partial charge on any atom is -0.382 e. The molecule has 1 heterocycles. The van der Waals surface area contributed by atoms with Crippen LogP contribution in [0.5, 0.6) is 0 Å². The van der Waals surface area contributed by atoms with E-state index in [1.807, 2.05) is 6.92 Å². The second kappa shape index (κ2) is 9.73. The van der Waals surface area contributed by atoms with Gasteiger partial charge in [-0.05, 0) is 33.4 Å². The molecule has 0 aromatic heterocycles. The molecule has 1 aliphatic heterocycles. The van der Waals surface area contributed by atoms with Crippen LogP contribution in [0.3, 0.4) is 0 Å². The first-order chi connectivity index (χ1) is 8.77. The topological polar surface area (TPSA) is 27.7 Å². The summed E-state index contributed by atoms with van der Waals surface area (Å²) < 4.78 is 5.33. The second-order valence-corrected chi connectivity index (χ2v) is 5.07. The van der Waals surface area contributed by atoms with Crippen molar-refractivity contribution < 1.29 is 4.74 Å². The molecule has 1 atom stereocenters. The van der Waals surface area contributed by atoms with Gasteiger partial charge in [0, 0.05) is 52.0 Å². The summed E-state index contributed by atoms with van der Waals surface area (Å²) in [7, 11) is 0. The molecule has 1 aliphatic rings. The molecule has 0 aromatic rings. The van der Waals surface area contributed by atoms with Crippen molar-refractivity contribution in [1.29, 1.82) is 0 Å². The number of hydrogen-bond acceptors (Lipinski definition) is 4. The molecule has 1 N–H and O–H groups in total. The van der Waals surface area contributed by atoms with E-state index in [2.05, 4.69) is 29.0 Å². The summed E-state index contributed by atoms with van der Waals surface area (Å²) in [5.41, 5.74) is 0. The van der Waals surface area contributed by atoms with E-state index in [1.165, 1.54) is 32.7 Å². The van der Waals surface area contributed by atoms with Gasteiger partial charge in [-0.3, -0.25) is 4.90 Å². The number of piperazine rings is 1.